The number of nitriles is 1. The van der Waals surface area contributed by atoms with E-state index >= 15 is 0 Å². The van der Waals surface area contributed by atoms with Crippen molar-refractivity contribution in [2.24, 2.45) is 0 Å². The van der Waals surface area contributed by atoms with Crippen molar-refractivity contribution in [3.05, 3.63) is 78.0 Å². The van der Waals surface area contributed by atoms with E-state index in [9.17, 15) is 5.26 Å². The van der Waals surface area contributed by atoms with Gasteiger partial charge in [0.15, 0.2) is 0 Å². The second-order valence-corrected chi connectivity index (χ2v) is 8.25. The number of aromatic nitrogens is 1. The van der Waals surface area contributed by atoms with E-state index in [1.165, 1.54) is 18.4 Å². The number of nitrogens with zero attached hydrogens (tertiary/aromatic N) is 3. The van der Waals surface area contributed by atoms with E-state index in [0.717, 1.165) is 35.2 Å². The van der Waals surface area contributed by atoms with Gasteiger partial charge in [-0.3, -0.25) is 4.90 Å². The Morgan fingerprint density at radius 1 is 1.06 bits per heavy atom. The monoisotopic (exact) mass is 438 g/mol. The number of likely N-dealkylation sites (tertiary alicyclic amines) is 1. The van der Waals surface area contributed by atoms with E-state index in [2.05, 4.69) is 45.5 Å². The molecule has 0 bridgehead atoms. The van der Waals surface area contributed by atoms with Crippen LogP contribution < -0.4 is 10.1 Å². The fourth-order valence-electron chi connectivity index (χ4n) is 4.57. The first-order chi connectivity index (χ1) is 16.3. The lowest BCUT2D eigenvalue weighted by Gasteiger charge is -2.28. The fraction of sp³-hybridized carbons (Fsp3) is 0.259. The minimum atomic E-state index is 0.163. The van der Waals surface area contributed by atoms with Gasteiger partial charge in [0, 0.05) is 12.1 Å². The largest absolute Gasteiger partial charge is 0.497 e. The summed E-state index contributed by atoms with van der Waals surface area (Å²) in [6.07, 6.45) is 2.40. The van der Waals surface area contributed by atoms with Crippen molar-refractivity contribution in [2.75, 3.05) is 32.1 Å². The quantitative estimate of drug-likeness (QED) is 0.403. The topological polar surface area (TPSA) is 74.3 Å². The molecule has 3 aromatic carbocycles. The summed E-state index contributed by atoms with van der Waals surface area (Å²) < 4.78 is 11.4. The molecule has 6 heteroatoms. The number of oxazole rings is 1. The number of rotatable bonds is 7. The molecule has 0 saturated carbocycles. The van der Waals surface area contributed by atoms with Gasteiger partial charge in [0.1, 0.15) is 11.8 Å². The lowest BCUT2D eigenvalue weighted by Crippen LogP contribution is -2.31. The van der Waals surface area contributed by atoms with Gasteiger partial charge in [0.2, 0.25) is 17.5 Å². The van der Waals surface area contributed by atoms with Gasteiger partial charge in [-0.15, -0.1) is 0 Å². The van der Waals surface area contributed by atoms with E-state index in [-0.39, 0.29) is 11.7 Å². The maximum Gasteiger partial charge on any atom is 0.232 e. The summed E-state index contributed by atoms with van der Waals surface area (Å²) in [4.78, 5) is 6.97. The molecule has 0 spiro atoms. The molecule has 1 aliphatic heterocycles. The highest BCUT2D eigenvalue weighted by Gasteiger charge is 2.25. The summed E-state index contributed by atoms with van der Waals surface area (Å²) in [5.74, 6) is 1.71. The van der Waals surface area contributed by atoms with Gasteiger partial charge < -0.3 is 14.5 Å². The summed E-state index contributed by atoms with van der Waals surface area (Å²) in [5, 5.41) is 15.2. The van der Waals surface area contributed by atoms with Crippen molar-refractivity contribution in [3.8, 4) is 23.3 Å². The Balaban J connectivity index is 1.43. The third kappa shape index (κ3) is 4.28. The zero-order valence-electron chi connectivity index (χ0n) is 18.6. The Morgan fingerprint density at radius 3 is 2.58 bits per heavy atom. The van der Waals surface area contributed by atoms with Crippen LogP contribution in [0.15, 0.2) is 71.1 Å². The van der Waals surface area contributed by atoms with Gasteiger partial charge in [-0.2, -0.15) is 10.2 Å². The van der Waals surface area contributed by atoms with Gasteiger partial charge in [0.25, 0.3) is 0 Å². The smallest absolute Gasteiger partial charge is 0.232 e. The Morgan fingerprint density at radius 2 is 1.82 bits per heavy atom. The van der Waals surface area contributed by atoms with E-state index in [1.54, 1.807) is 7.11 Å². The average Bonchev–Trinajstić information content (AvgIpc) is 3.55. The molecule has 6 nitrogen and oxygen atoms in total. The number of anilines is 1. The zero-order chi connectivity index (χ0) is 22.6. The van der Waals surface area contributed by atoms with Crippen molar-refractivity contribution in [1.29, 1.82) is 5.26 Å². The van der Waals surface area contributed by atoms with E-state index < -0.39 is 0 Å². The Hall–Kier alpha value is -3.82. The number of nitrogens with one attached hydrogen (secondary N) is 1. The minimum absolute atomic E-state index is 0.163. The molecule has 166 valence electrons. The molecule has 5 rings (SSSR count). The molecule has 1 aromatic heterocycles. The van der Waals surface area contributed by atoms with Crippen molar-refractivity contribution in [1.82, 2.24) is 9.88 Å². The van der Waals surface area contributed by atoms with Crippen molar-refractivity contribution >= 4 is 16.7 Å². The first-order valence-electron chi connectivity index (χ1n) is 11.3. The van der Waals surface area contributed by atoms with Gasteiger partial charge in [-0.1, -0.05) is 48.5 Å². The van der Waals surface area contributed by atoms with Crippen molar-refractivity contribution in [2.45, 2.75) is 18.9 Å². The molecule has 2 heterocycles. The molecule has 33 heavy (non-hydrogen) atoms. The summed E-state index contributed by atoms with van der Waals surface area (Å²) >= 11 is 0. The third-order valence-electron chi connectivity index (χ3n) is 6.29. The van der Waals surface area contributed by atoms with Gasteiger partial charge in [0.05, 0.1) is 13.2 Å². The molecule has 4 aromatic rings. The maximum absolute atomic E-state index is 9.71. The van der Waals surface area contributed by atoms with Crippen LogP contribution in [0.25, 0.3) is 22.2 Å². The number of methoxy groups -OCH3 is 1. The van der Waals surface area contributed by atoms with Crippen LogP contribution in [0.1, 0.15) is 30.1 Å². The molecule has 1 aliphatic rings. The molecular weight excluding hydrogens is 412 g/mol. The molecule has 1 fully saturated rings. The number of fused-ring (bicyclic) bond motifs is 1. The highest BCUT2D eigenvalue weighted by molar-refractivity contribution is 5.94. The van der Waals surface area contributed by atoms with Crippen LogP contribution in [-0.2, 0) is 0 Å². The van der Waals surface area contributed by atoms with Crippen molar-refractivity contribution in [3.63, 3.8) is 0 Å². The number of benzene rings is 3. The van der Waals surface area contributed by atoms with Crippen LogP contribution in [0.4, 0.5) is 5.88 Å². The predicted molar refractivity (Wildman–Crippen MR) is 129 cm³/mol. The van der Waals surface area contributed by atoms with Crippen LogP contribution >= 0.6 is 0 Å². The predicted octanol–water partition coefficient (Wildman–Crippen LogP) is 5.62. The highest BCUT2D eigenvalue weighted by Crippen LogP contribution is 2.32. The fourth-order valence-corrected chi connectivity index (χ4v) is 4.57. The van der Waals surface area contributed by atoms with Crippen LogP contribution in [0.5, 0.6) is 5.75 Å². The maximum atomic E-state index is 9.71. The van der Waals surface area contributed by atoms with Crippen LogP contribution in [0, 0.1) is 11.3 Å². The van der Waals surface area contributed by atoms with Gasteiger partial charge in [-0.25, -0.2) is 0 Å². The van der Waals surface area contributed by atoms with E-state index in [4.69, 9.17) is 9.15 Å². The van der Waals surface area contributed by atoms with Crippen molar-refractivity contribution < 1.29 is 9.15 Å². The molecule has 1 N–H and O–H groups in total. The molecule has 1 saturated heterocycles. The summed E-state index contributed by atoms with van der Waals surface area (Å²) in [6, 6.07) is 24.7. The average molecular weight is 439 g/mol. The van der Waals surface area contributed by atoms with E-state index in [0.29, 0.717) is 18.3 Å². The van der Waals surface area contributed by atoms with Crippen LogP contribution in [-0.4, -0.2) is 36.6 Å². The highest BCUT2D eigenvalue weighted by atomic mass is 16.5. The molecule has 0 amide bonds. The third-order valence-corrected chi connectivity index (χ3v) is 6.29. The molecule has 0 aliphatic carbocycles. The second-order valence-electron chi connectivity index (χ2n) is 8.25. The number of hydrogen-bond donors (Lipinski definition) is 1. The Labute approximate surface area is 193 Å². The lowest BCUT2D eigenvalue weighted by molar-refractivity contribution is 0.255. The standard InChI is InChI=1S/C27H26N4O2/c1-32-21-13-11-20(12-14-21)25(31-15-4-5-16-31)18-29-27-24(17-28)30-26(33-27)23-10-6-8-19-7-2-3-9-22(19)23/h2-3,6-14,25,29H,4-5,15-16,18H2,1H3. The van der Waals surface area contributed by atoms with Gasteiger partial charge >= 0.3 is 0 Å². The number of hydrogen-bond acceptors (Lipinski definition) is 6. The molecule has 1 atom stereocenters. The summed E-state index contributed by atoms with van der Waals surface area (Å²) in [6.45, 7) is 2.73. The first-order valence-corrected chi connectivity index (χ1v) is 11.3. The second kappa shape index (κ2) is 9.35. The number of ether oxygens (including phenoxy) is 1. The molecule has 0 radical (unpaired) electrons. The Kier molecular flexibility index (Phi) is 5.97. The van der Waals surface area contributed by atoms with Gasteiger partial charge in [-0.05, 0) is 60.5 Å². The van der Waals surface area contributed by atoms with E-state index in [1.807, 2.05) is 42.5 Å². The lowest BCUT2D eigenvalue weighted by atomic mass is 10.0. The molecular formula is C27H26N4O2. The van der Waals surface area contributed by atoms with Crippen LogP contribution in [0.3, 0.4) is 0 Å². The SMILES string of the molecule is COc1ccc(C(CNc2oc(-c3cccc4ccccc34)nc2C#N)N2CCCC2)cc1. The van der Waals surface area contributed by atoms with Crippen LogP contribution in [0.2, 0.25) is 0 Å². The summed E-state index contributed by atoms with van der Waals surface area (Å²) in [5.41, 5.74) is 2.36. The minimum Gasteiger partial charge on any atom is -0.497 e. The summed E-state index contributed by atoms with van der Waals surface area (Å²) in [7, 11) is 1.68. The first kappa shape index (κ1) is 21.0. The normalized spacial score (nSPS) is 14.8. The zero-order valence-corrected chi connectivity index (χ0v) is 18.6. The Bertz CT molecular complexity index is 1280. The molecule has 1 unspecified atom stereocenters.